The Balaban J connectivity index is 3.46. The molecular weight excluding hydrogens is 122 g/mol. The van der Waals surface area contributed by atoms with Crippen molar-refractivity contribution >= 4 is 11.6 Å². The van der Waals surface area contributed by atoms with Gasteiger partial charge >= 0.3 is 0 Å². The van der Waals surface area contributed by atoms with Gasteiger partial charge in [-0.2, -0.15) is 0 Å². The van der Waals surface area contributed by atoms with Crippen LogP contribution in [0, 0.1) is 5.92 Å². The monoisotopic (exact) mass is 135 g/mol. The fraction of sp³-hybridized carbons (Fsp3) is 1.00. The van der Waals surface area contributed by atoms with E-state index in [1.54, 1.807) is 0 Å². The van der Waals surface area contributed by atoms with E-state index >= 15 is 0 Å². The minimum Gasteiger partial charge on any atom is -0.293 e. The summed E-state index contributed by atoms with van der Waals surface area (Å²) >= 11 is 5.88. The highest BCUT2D eigenvalue weighted by Crippen LogP contribution is 2.10. The second-order valence-electron chi connectivity index (χ2n) is 2.58. The first kappa shape index (κ1) is 8.25. The number of rotatable bonds is 2. The summed E-state index contributed by atoms with van der Waals surface area (Å²) < 4.78 is 0. The van der Waals surface area contributed by atoms with E-state index in [1.165, 1.54) is 0 Å². The summed E-state index contributed by atoms with van der Waals surface area (Å²) in [6, 6.07) is 0. The normalized spacial score (nSPS) is 15.4. The predicted octanol–water partition coefficient (Wildman–Crippen LogP) is 1.77. The summed E-state index contributed by atoms with van der Waals surface area (Å²) in [5, 5.41) is 0. The summed E-state index contributed by atoms with van der Waals surface area (Å²) in [7, 11) is 3.97. The molecule has 0 aromatic rings. The molecule has 0 unspecified atom stereocenters. The lowest BCUT2D eigenvalue weighted by molar-refractivity contribution is 0.313. The molecule has 0 bridgehead atoms. The molecule has 0 aliphatic rings. The van der Waals surface area contributed by atoms with E-state index in [0.29, 0.717) is 5.92 Å². The van der Waals surface area contributed by atoms with Crippen molar-refractivity contribution in [3.05, 3.63) is 0 Å². The molecule has 0 heterocycles. The van der Waals surface area contributed by atoms with E-state index in [9.17, 15) is 0 Å². The smallest absolute Gasteiger partial charge is 0.0868 e. The molecule has 0 rings (SSSR count). The van der Waals surface area contributed by atoms with E-state index in [0.717, 1.165) is 0 Å². The average molecular weight is 136 g/mol. The van der Waals surface area contributed by atoms with Gasteiger partial charge in [-0.3, -0.25) is 4.90 Å². The molecule has 0 saturated carbocycles. The van der Waals surface area contributed by atoms with Crippen LogP contribution in [-0.2, 0) is 0 Å². The Morgan fingerprint density at radius 1 is 1.25 bits per heavy atom. The minimum atomic E-state index is 0.176. The zero-order chi connectivity index (χ0) is 6.73. The van der Waals surface area contributed by atoms with E-state index in [1.807, 2.05) is 19.0 Å². The van der Waals surface area contributed by atoms with Crippen molar-refractivity contribution < 1.29 is 0 Å². The third-order valence-electron chi connectivity index (χ3n) is 1.04. The van der Waals surface area contributed by atoms with E-state index in [2.05, 4.69) is 13.8 Å². The van der Waals surface area contributed by atoms with E-state index in [-0.39, 0.29) is 5.50 Å². The average Bonchev–Trinajstić information content (AvgIpc) is 1.64. The van der Waals surface area contributed by atoms with Crippen LogP contribution in [0.15, 0.2) is 0 Å². The molecular formula is C6H14ClN. The SMILES string of the molecule is CC(C)[C@H](Cl)N(C)C. The van der Waals surface area contributed by atoms with Crippen molar-refractivity contribution in [1.82, 2.24) is 4.90 Å². The molecule has 0 N–H and O–H groups in total. The fourth-order valence-corrected chi connectivity index (χ4v) is 0.596. The number of alkyl halides is 1. The number of nitrogens with zero attached hydrogens (tertiary/aromatic N) is 1. The third-order valence-corrected chi connectivity index (χ3v) is 1.94. The molecule has 0 radical (unpaired) electrons. The number of hydrogen-bond acceptors (Lipinski definition) is 1. The molecule has 0 aliphatic heterocycles. The van der Waals surface area contributed by atoms with E-state index in [4.69, 9.17) is 11.6 Å². The first-order chi connectivity index (χ1) is 3.55. The molecule has 0 fully saturated rings. The molecule has 1 atom stereocenters. The third kappa shape index (κ3) is 2.53. The van der Waals surface area contributed by atoms with Gasteiger partial charge < -0.3 is 0 Å². The van der Waals surface area contributed by atoms with Crippen molar-refractivity contribution in [3.63, 3.8) is 0 Å². The Hall–Kier alpha value is 0.250. The topological polar surface area (TPSA) is 3.24 Å². The Kier molecular flexibility index (Phi) is 3.41. The maximum absolute atomic E-state index is 5.88. The largest absolute Gasteiger partial charge is 0.293 e. The summed E-state index contributed by atoms with van der Waals surface area (Å²) in [6.07, 6.45) is 0. The second-order valence-corrected chi connectivity index (χ2v) is 3.03. The van der Waals surface area contributed by atoms with Crippen molar-refractivity contribution in [3.8, 4) is 0 Å². The molecule has 50 valence electrons. The molecule has 2 heteroatoms. The lowest BCUT2D eigenvalue weighted by Crippen LogP contribution is -2.26. The summed E-state index contributed by atoms with van der Waals surface area (Å²) in [4.78, 5) is 2.01. The molecule has 0 aromatic heterocycles. The van der Waals surface area contributed by atoms with Crippen molar-refractivity contribution in [2.24, 2.45) is 5.92 Å². The second kappa shape index (κ2) is 3.31. The maximum Gasteiger partial charge on any atom is 0.0868 e. The Morgan fingerprint density at radius 3 is 1.62 bits per heavy atom. The fourth-order valence-electron chi connectivity index (χ4n) is 0.596. The van der Waals surface area contributed by atoms with Gasteiger partial charge in [0.1, 0.15) is 0 Å². The first-order valence-electron chi connectivity index (χ1n) is 2.86. The standard InChI is InChI=1S/C6H14ClN/c1-5(2)6(7)8(3)4/h5-6H,1-4H3/t6-/m1/s1. The van der Waals surface area contributed by atoms with Gasteiger partial charge in [0.25, 0.3) is 0 Å². The molecule has 0 amide bonds. The molecule has 0 saturated heterocycles. The van der Waals surface area contributed by atoms with Crippen LogP contribution >= 0.6 is 11.6 Å². The Bertz CT molecular complexity index is 53.5. The van der Waals surface area contributed by atoms with Gasteiger partial charge in [0.15, 0.2) is 0 Å². The molecule has 8 heavy (non-hydrogen) atoms. The maximum atomic E-state index is 5.88. The van der Waals surface area contributed by atoms with Gasteiger partial charge in [-0.15, -0.1) is 11.6 Å². The van der Waals surface area contributed by atoms with Crippen LogP contribution in [0.3, 0.4) is 0 Å². The molecule has 0 spiro atoms. The van der Waals surface area contributed by atoms with Gasteiger partial charge in [0, 0.05) is 0 Å². The van der Waals surface area contributed by atoms with Crippen LogP contribution in [0.1, 0.15) is 13.8 Å². The van der Waals surface area contributed by atoms with Crippen LogP contribution in [0.2, 0.25) is 0 Å². The highest BCUT2D eigenvalue weighted by atomic mass is 35.5. The van der Waals surface area contributed by atoms with Crippen LogP contribution in [0.5, 0.6) is 0 Å². The van der Waals surface area contributed by atoms with E-state index < -0.39 is 0 Å². The van der Waals surface area contributed by atoms with Crippen LogP contribution < -0.4 is 0 Å². The number of hydrogen-bond donors (Lipinski definition) is 0. The minimum absolute atomic E-state index is 0.176. The molecule has 1 nitrogen and oxygen atoms in total. The quantitative estimate of drug-likeness (QED) is 0.412. The summed E-state index contributed by atoms with van der Waals surface area (Å²) in [5.74, 6) is 0.534. The zero-order valence-electron chi connectivity index (χ0n) is 5.98. The number of halogens is 1. The van der Waals surface area contributed by atoms with Gasteiger partial charge in [0.05, 0.1) is 5.50 Å². The van der Waals surface area contributed by atoms with Crippen LogP contribution in [0.4, 0.5) is 0 Å². The molecule has 0 aromatic carbocycles. The highest BCUT2D eigenvalue weighted by Gasteiger charge is 2.09. The van der Waals surface area contributed by atoms with Crippen molar-refractivity contribution in [1.29, 1.82) is 0 Å². The molecule has 0 aliphatic carbocycles. The van der Waals surface area contributed by atoms with Gasteiger partial charge in [-0.05, 0) is 20.0 Å². The Morgan fingerprint density at radius 2 is 1.62 bits per heavy atom. The van der Waals surface area contributed by atoms with Crippen LogP contribution in [-0.4, -0.2) is 24.5 Å². The lowest BCUT2D eigenvalue weighted by atomic mass is 10.2. The van der Waals surface area contributed by atoms with Crippen molar-refractivity contribution in [2.45, 2.75) is 19.3 Å². The van der Waals surface area contributed by atoms with Gasteiger partial charge in [0.2, 0.25) is 0 Å². The van der Waals surface area contributed by atoms with Gasteiger partial charge in [-0.1, -0.05) is 13.8 Å². The Labute approximate surface area is 56.6 Å². The summed E-state index contributed by atoms with van der Waals surface area (Å²) in [6.45, 7) is 4.22. The summed E-state index contributed by atoms with van der Waals surface area (Å²) in [5.41, 5.74) is 0.176. The van der Waals surface area contributed by atoms with Gasteiger partial charge in [-0.25, -0.2) is 0 Å². The highest BCUT2D eigenvalue weighted by molar-refractivity contribution is 6.20. The lowest BCUT2D eigenvalue weighted by Gasteiger charge is -2.20. The van der Waals surface area contributed by atoms with Crippen molar-refractivity contribution in [2.75, 3.05) is 14.1 Å². The zero-order valence-corrected chi connectivity index (χ0v) is 6.74. The van der Waals surface area contributed by atoms with Crippen LogP contribution in [0.25, 0.3) is 0 Å². The first-order valence-corrected chi connectivity index (χ1v) is 3.30. The predicted molar refractivity (Wildman–Crippen MR) is 38.2 cm³/mol.